The Morgan fingerprint density at radius 2 is 1.78 bits per heavy atom. The number of fused-ring (bicyclic) bond motifs is 1. The summed E-state index contributed by atoms with van der Waals surface area (Å²) in [4.78, 5) is 29.8. The molecular weight excluding hydrogens is 402 g/mol. The van der Waals surface area contributed by atoms with Crippen LogP contribution in [0.1, 0.15) is 68.6 Å². The maximum Gasteiger partial charge on any atom is 0.410 e. The first-order valence-electron chi connectivity index (χ1n) is 11.5. The molecule has 0 atom stereocenters. The molecular formula is C26H37N3O3. The standard InChI is InChI=1S/C26H37N3O3/c1-8-12-29-22-11-10-20(18(2)3)17-21(22)19(4)23(29)24(30)27-13-9-14-28(16-15-27)25(31)32-26(5,6)7/h8,10-11,17-18H,1,9,12-16H2,2-7H3. The number of hydrogen-bond acceptors (Lipinski definition) is 3. The van der Waals surface area contributed by atoms with Gasteiger partial charge in [-0.05, 0) is 63.3 Å². The Labute approximate surface area is 191 Å². The van der Waals surface area contributed by atoms with Gasteiger partial charge in [0.05, 0.1) is 0 Å². The summed E-state index contributed by atoms with van der Waals surface area (Å²) in [7, 11) is 0. The third kappa shape index (κ3) is 5.00. The predicted molar refractivity (Wildman–Crippen MR) is 129 cm³/mol. The Hall–Kier alpha value is -2.76. The Morgan fingerprint density at radius 3 is 2.41 bits per heavy atom. The van der Waals surface area contributed by atoms with E-state index in [-0.39, 0.29) is 12.0 Å². The van der Waals surface area contributed by atoms with Gasteiger partial charge in [-0.1, -0.05) is 26.0 Å². The minimum Gasteiger partial charge on any atom is -0.444 e. The number of hydrogen-bond donors (Lipinski definition) is 0. The third-order valence-electron chi connectivity index (χ3n) is 5.96. The molecule has 1 fully saturated rings. The van der Waals surface area contributed by atoms with E-state index < -0.39 is 5.60 Å². The van der Waals surface area contributed by atoms with Crippen molar-refractivity contribution in [3.8, 4) is 0 Å². The van der Waals surface area contributed by atoms with Gasteiger partial charge in [0.1, 0.15) is 11.3 Å². The number of nitrogens with zero attached hydrogens (tertiary/aromatic N) is 3. The van der Waals surface area contributed by atoms with Crippen molar-refractivity contribution in [2.75, 3.05) is 26.2 Å². The Morgan fingerprint density at radius 1 is 1.12 bits per heavy atom. The van der Waals surface area contributed by atoms with Crippen LogP contribution < -0.4 is 0 Å². The smallest absolute Gasteiger partial charge is 0.410 e. The van der Waals surface area contributed by atoms with Gasteiger partial charge in [0.25, 0.3) is 5.91 Å². The molecule has 2 amide bonds. The fraction of sp³-hybridized carbons (Fsp3) is 0.538. The molecule has 0 saturated carbocycles. The summed E-state index contributed by atoms with van der Waals surface area (Å²) in [6, 6.07) is 6.47. The average molecular weight is 440 g/mol. The van der Waals surface area contributed by atoms with Gasteiger partial charge in [-0.2, -0.15) is 0 Å². The molecule has 1 aliphatic rings. The van der Waals surface area contributed by atoms with Crippen molar-refractivity contribution in [1.82, 2.24) is 14.4 Å². The molecule has 6 heteroatoms. The number of aryl methyl sites for hydroxylation is 1. The summed E-state index contributed by atoms with van der Waals surface area (Å²) in [5.41, 5.74) is 3.50. The van der Waals surface area contributed by atoms with E-state index in [0.717, 1.165) is 22.9 Å². The van der Waals surface area contributed by atoms with Crippen LogP contribution in [0.4, 0.5) is 4.79 Å². The van der Waals surface area contributed by atoms with E-state index >= 15 is 0 Å². The minimum atomic E-state index is -0.531. The van der Waals surface area contributed by atoms with Gasteiger partial charge in [-0.3, -0.25) is 4.79 Å². The zero-order chi connectivity index (χ0) is 23.6. The maximum atomic E-state index is 13.7. The Bertz CT molecular complexity index is 1010. The largest absolute Gasteiger partial charge is 0.444 e. The third-order valence-corrected chi connectivity index (χ3v) is 5.96. The molecule has 0 radical (unpaired) electrons. The molecule has 32 heavy (non-hydrogen) atoms. The molecule has 2 heterocycles. The van der Waals surface area contributed by atoms with Crippen molar-refractivity contribution in [2.24, 2.45) is 0 Å². The highest BCUT2D eigenvalue weighted by atomic mass is 16.6. The van der Waals surface area contributed by atoms with Crippen LogP contribution in [0.15, 0.2) is 30.9 Å². The van der Waals surface area contributed by atoms with E-state index in [9.17, 15) is 9.59 Å². The molecule has 2 aromatic rings. The molecule has 0 unspecified atom stereocenters. The molecule has 0 spiro atoms. The van der Waals surface area contributed by atoms with Crippen molar-refractivity contribution in [2.45, 2.75) is 66.0 Å². The Balaban J connectivity index is 1.89. The lowest BCUT2D eigenvalue weighted by Crippen LogP contribution is -2.40. The highest BCUT2D eigenvalue weighted by molar-refractivity contribution is 6.02. The second kappa shape index (κ2) is 9.39. The molecule has 0 bridgehead atoms. The van der Waals surface area contributed by atoms with E-state index in [4.69, 9.17) is 4.74 Å². The maximum absolute atomic E-state index is 13.7. The number of rotatable bonds is 4. The molecule has 1 aromatic carbocycles. The number of aromatic nitrogens is 1. The lowest BCUT2D eigenvalue weighted by atomic mass is 10.0. The van der Waals surface area contributed by atoms with Gasteiger partial charge in [-0.25, -0.2) is 4.79 Å². The topological polar surface area (TPSA) is 54.8 Å². The molecule has 1 aromatic heterocycles. The van der Waals surface area contributed by atoms with Gasteiger partial charge in [0.2, 0.25) is 0 Å². The summed E-state index contributed by atoms with van der Waals surface area (Å²) in [5.74, 6) is 0.433. The van der Waals surface area contributed by atoms with Crippen LogP contribution in [-0.2, 0) is 11.3 Å². The molecule has 1 saturated heterocycles. The predicted octanol–water partition coefficient (Wildman–Crippen LogP) is 5.34. The number of amides is 2. The van der Waals surface area contributed by atoms with Crippen LogP contribution >= 0.6 is 0 Å². The first kappa shape index (κ1) is 23.9. The van der Waals surface area contributed by atoms with Crippen molar-refractivity contribution in [3.05, 3.63) is 47.7 Å². The van der Waals surface area contributed by atoms with E-state index in [0.29, 0.717) is 44.3 Å². The Kier molecular flexibility index (Phi) is 7.01. The summed E-state index contributed by atoms with van der Waals surface area (Å²) >= 11 is 0. The summed E-state index contributed by atoms with van der Waals surface area (Å²) in [6.45, 7) is 18.6. The highest BCUT2D eigenvalue weighted by Crippen LogP contribution is 2.30. The number of carbonyl (C=O) groups is 2. The van der Waals surface area contributed by atoms with Crippen molar-refractivity contribution < 1.29 is 14.3 Å². The van der Waals surface area contributed by atoms with Crippen molar-refractivity contribution >= 4 is 22.9 Å². The van der Waals surface area contributed by atoms with Gasteiger partial charge < -0.3 is 19.1 Å². The van der Waals surface area contributed by atoms with Crippen LogP contribution in [-0.4, -0.2) is 58.1 Å². The van der Waals surface area contributed by atoms with Gasteiger partial charge >= 0.3 is 6.09 Å². The molecule has 3 rings (SSSR count). The number of ether oxygens (including phenoxy) is 1. The summed E-state index contributed by atoms with van der Waals surface area (Å²) in [6.07, 6.45) is 2.24. The first-order chi connectivity index (χ1) is 15.0. The van der Waals surface area contributed by atoms with E-state index in [2.05, 4.69) is 43.2 Å². The van der Waals surface area contributed by atoms with Crippen LogP contribution in [0.3, 0.4) is 0 Å². The SMILES string of the molecule is C=CCn1c(C(=O)N2CCCN(C(=O)OC(C)(C)C)CC2)c(C)c2cc(C(C)C)ccc21. The average Bonchev–Trinajstić information content (AvgIpc) is 2.87. The summed E-state index contributed by atoms with van der Waals surface area (Å²) in [5, 5.41) is 1.12. The number of carbonyl (C=O) groups excluding carboxylic acids is 2. The van der Waals surface area contributed by atoms with E-state index in [1.807, 2.05) is 38.7 Å². The molecule has 1 aliphatic heterocycles. The molecule has 0 aliphatic carbocycles. The van der Waals surface area contributed by atoms with E-state index in [1.54, 1.807) is 4.90 Å². The highest BCUT2D eigenvalue weighted by Gasteiger charge is 2.29. The van der Waals surface area contributed by atoms with Crippen molar-refractivity contribution in [3.63, 3.8) is 0 Å². The number of allylic oxidation sites excluding steroid dienone is 1. The van der Waals surface area contributed by atoms with Crippen LogP contribution in [0, 0.1) is 6.92 Å². The fourth-order valence-electron chi connectivity index (χ4n) is 4.27. The molecule has 6 nitrogen and oxygen atoms in total. The fourth-order valence-corrected chi connectivity index (χ4v) is 4.27. The zero-order valence-corrected chi connectivity index (χ0v) is 20.4. The number of benzene rings is 1. The monoisotopic (exact) mass is 439 g/mol. The molecule has 174 valence electrons. The van der Waals surface area contributed by atoms with Crippen LogP contribution in [0.25, 0.3) is 10.9 Å². The van der Waals surface area contributed by atoms with Gasteiger partial charge in [0, 0.05) is 43.6 Å². The molecule has 0 N–H and O–H groups in total. The minimum absolute atomic E-state index is 0.0117. The van der Waals surface area contributed by atoms with Crippen molar-refractivity contribution in [1.29, 1.82) is 0 Å². The lowest BCUT2D eigenvalue weighted by molar-refractivity contribution is 0.0255. The first-order valence-corrected chi connectivity index (χ1v) is 11.5. The summed E-state index contributed by atoms with van der Waals surface area (Å²) < 4.78 is 7.59. The zero-order valence-electron chi connectivity index (χ0n) is 20.4. The quantitative estimate of drug-likeness (QED) is 0.604. The van der Waals surface area contributed by atoms with Crippen LogP contribution in [0.5, 0.6) is 0 Å². The second-order valence-electron chi connectivity index (χ2n) is 9.92. The van der Waals surface area contributed by atoms with E-state index in [1.165, 1.54) is 5.56 Å². The van der Waals surface area contributed by atoms with Gasteiger partial charge in [-0.15, -0.1) is 6.58 Å². The van der Waals surface area contributed by atoms with Crippen LogP contribution in [0.2, 0.25) is 0 Å². The second-order valence-corrected chi connectivity index (χ2v) is 9.92. The lowest BCUT2D eigenvalue weighted by Gasteiger charge is -2.26. The normalized spacial score (nSPS) is 15.2. The van der Waals surface area contributed by atoms with Gasteiger partial charge in [0.15, 0.2) is 0 Å².